The Balaban J connectivity index is 2.47. The maximum atomic E-state index is 12.1. The fourth-order valence-electron chi connectivity index (χ4n) is 2.31. The minimum atomic E-state index is -0.368. The Labute approximate surface area is 136 Å². The van der Waals surface area contributed by atoms with Gasteiger partial charge in [0.15, 0.2) is 0 Å². The van der Waals surface area contributed by atoms with Gasteiger partial charge in [-0.05, 0) is 31.5 Å². The smallest absolute Gasteiger partial charge is 0.356 e. The zero-order valence-corrected chi connectivity index (χ0v) is 14.0. The molecule has 2 rings (SSSR count). The van der Waals surface area contributed by atoms with Crippen molar-refractivity contribution in [2.24, 2.45) is 0 Å². The normalized spacial score (nSPS) is 10.4. The van der Waals surface area contributed by atoms with E-state index >= 15 is 0 Å². The van der Waals surface area contributed by atoms with E-state index in [2.05, 4.69) is 5.10 Å². The van der Waals surface area contributed by atoms with Gasteiger partial charge >= 0.3 is 5.97 Å². The molecule has 23 heavy (non-hydrogen) atoms. The average molecular weight is 318 g/mol. The number of hydrogen-bond acceptors (Lipinski definition) is 5. The molecule has 0 amide bonds. The highest BCUT2D eigenvalue weighted by Crippen LogP contribution is 2.33. The number of nitrogens with zero attached hydrogens (tertiary/aromatic N) is 2. The highest BCUT2D eigenvalue weighted by Gasteiger charge is 2.19. The van der Waals surface area contributed by atoms with E-state index in [-0.39, 0.29) is 5.97 Å². The SMILES string of the molecule is CCCn1nc(-c2ccc(OC)cc2OC)cc1C(=O)OCC. The van der Waals surface area contributed by atoms with Crippen LogP contribution in [0.3, 0.4) is 0 Å². The van der Waals surface area contributed by atoms with Gasteiger partial charge in [0.25, 0.3) is 0 Å². The highest BCUT2D eigenvalue weighted by atomic mass is 16.5. The molecule has 6 heteroatoms. The molecule has 0 aliphatic carbocycles. The quantitative estimate of drug-likeness (QED) is 0.734. The van der Waals surface area contributed by atoms with Crippen molar-refractivity contribution < 1.29 is 19.0 Å². The monoisotopic (exact) mass is 318 g/mol. The van der Waals surface area contributed by atoms with E-state index < -0.39 is 0 Å². The minimum absolute atomic E-state index is 0.331. The van der Waals surface area contributed by atoms with Crippen LogP contribution in [0, 0.1) is 0 Å². The lowest BCUT2D eigenvalue weighted by Crippen LogP contribution is -2.13. The van der Waals surface area contributed by atoms with Crippen LogP contribution in [0.15, 0.2) is 24.3 Å². The number of ether oxygens (including phenoxy) is 3. The Hall–Kier alpha value is -2.50. The summed E-state index contributed by atoms with van der Waals surface area (Å²) in [5.41, 5.74) is 1.91. The molecule has 0 radical (unpaired) electrons. The van der Waals surface area contributed by atoms with Gasteiger partial charge in [0.05, 0.1) is 26.5 Å². The summed E-state index contributed by atoms with van der Waals surface area (Å²) in [7, 11) is 3.19. The molecular formula is C17H22N2O4. The first kappa shape index (κ1) is 16.9. The number of hydrogen-bond donors (Lipinski definition) is 0. The van der Waals surface area contributed by atoms with Crippen molar-refractivity contribution in [2.75, 3.05) is 20.8 Å². The number of carbonyl (C=O) groups excluding carboxylic acids is 1. The first-order chi connectivity index (χ1) is 11.1. The fourth-order valence-corrected chi connectivity index (χ4v) is 2.31. The Morgan fingerprint density at radius 1 is 1.17 bits per heavy atom. The minimum Gasteiger partial charge on any atom is -0.497 e. The van der Waals surface area contributed by atoms with Gasteiger partial charge in [0, 0.05) is 18.2 Å². The van der Waals surface area contributed by atoms with E-state index in [1.54, 1.807) is 38.0 Å². The Morgan fingerprint density at radius 3 is 2.57 bits per heavy atom. The molecule has 6 nitrogen and oxygen atoms in total. The van der Waals surface area contributed by atoms with Crippen molar-refractivity contribution >= 4 is 5.97 Å². The molecule has 0 fully saturated rings. The molecule has 0 N–H and O–H groups in total. The largest absolute Gasteiger partial charge is 0.497 e. The Kier molecular flexibility index (Phi) is 5.62. The molecule has 0 aliphatic heterocycles. The van der Waals surface area contributed by atoms with E-state index in [0.717, 1.165) is 12.0 Å². The lowest BCUT2D eigenvalue weighted by Gasteiger charge is -2.08. The Morgan fingerprint density at radius 2 is 1.96 bits per heavy atom. The van der Waals surface area contributed by atoms with Crippen LogP contribution in [0.1, 0.15) is 30.8 Å². The molecular weight excluding hydrogens is 296 g/mol. The number of esters is 1. The zero-order chi connectivity index (χ0) is 16.8. The summed E-state index contributed by atoms with van der Waals surface area (Å²) in [4.78, 5) is 12.1. The van der Waals surface area contributed by atoms with Gasteiger partial charge in [0.2, 0.25) is 0 Å². The molecule has 0 atom stereocenters. The molecule has 0 saturated heterocycles. The van der Waals surface area contributed by atoms with Crippen LogP contribution in [-0.4, -0.2) is 36.6 Å². The molecule has 0 saturated carbocycles. The van der Waals surface area contributed by atoms with Crippen LogP contribution in [0.4, 0.5) is 0 Å². The van der Waals surface area contributed by atoms with Crippen molar-refractivity contribution in [1.29, 1.82) is 0 Å². The summed E-state index contributed by atoms with van der Waals surface area (Å²) in [6, 6.07) is 7.22. The van der Waals surface area contributed by atoms with Crippen molar-refractivity contribution in [3.05, 3.63) is 30.0 Å². The van der Waals surface area contributed by atoms with Gasteiger partial charge in [-0.25, -0.2) is 4.79 Å². The van der Waals surface area contributed by atoms with Gasteiger partial charge in [-0.15, -0.1) is 0 Å². The first-order valence-corrected chi connectivity index (χ1v) is 7.61. The fraction of sp³-hybridized carbons (Fsp3) is 0.412. The number of carbonyl (C=O) groups is 1. The average Bonchev–Trinajstić information content (AvgIpc) is 2.98. The summed E-state index contributed by atoms with van der Waals surface area (Å²) >= 11 is 0. The van der Waals surface area contributed by atoms with Crippen LogP contribution in [0.2, 0.25) is 0 Å². The van der Waals surface area contributed by atoms with Crippen LogP contribution in [0.5, 0.6) is 11.5 Å². The second-order valence-electron chi connectivity index (χ2n) is 4.92. The number of aromatic nitrogens is 2. The van der Waals surface area contributed by atoms with Gasteiger partial charge in [-0.3, -0.25) is 4.68 Å². The lowest BCUT2D eigenvalue weighted by atomic mass is 10.1. The van der Waals surface area contributed by atoms with Crippen LogP contribution < -0.4 is 9.47 Å². The van der Waals surface area contributed by atoms with Crippen molar-refractivity contribution in [2.45, 2.75) is 26.8 Å². The summed E-state index contributed by atoms with van der Waals surface area (Å²) in [5.74, 6) is 0.970. The van der Waals surface area contributed by atoms with Crippen LogP contribution >= 0.6 is 0 Å². The van der Waals surface area contributed by atoms with Crippen molar-refractivity contribution in [3.8, 4) is 22.8 Å². The maximum Gasteiger partial charge on any atom is 0.356 e. The van der Waals surface area contributed by atoms with Crippen LogP contribution in [0.25, 0.3) is 11.3 Å². The van der Waals surface area contributed by atoms with Gasteiger partial charge in [-0.2, -0.15) is 5.10 Å². The molecule has 0 bridgehead atoms. The lowest BCUT2D eigenvalue weighted by molar-refractivity contribution is 0.0511. The topological polar surface area (TPSA) is 62.6 Å². The van der Waals surface area contributed by atoms with Crippen LogP contribution in [-0.2, 0) is 11.3 Å². The van der Waals surface area contributed by atoms with Crippen molar-refractivity contribution in [3.63, 3.8) is 0 Å². The maximum absolute atomic E-state index is 12.1. The number of rotatable bonds is 7. The predicted molar refractivity (Wildman–Crippen MR) is 87.0 cm³/mol. The number of aryl methyl sites for hydroxylation is 1. The van der Waals surface area contributed by atoms with E-state index in [1.807, 2.05) is 19.1 Å². The van der Waals surface area contributed by atoms with E-state index in [1.165, 1.54) is 0 Å². The van der Waals surface area contributed by atoms with Gasteiger partial charge < -0.3 is 14.2 Å². The third kappa shape index (κ3) is 3.64. The third-order valence-corrected chi connectivity index (χ3v) is 3.38. The summed E-state index contributed by atoms with van der Waals surface area (Å²) in [6.45, 7) is 4.79. The standard InChI is InChI=1S/C17H22N2O4/c1-5-9-19-15(17(20)23-6-2)11-14(18-19)13-8-7-12(21-3)10-16(13)22-4/h7-8,10-11H,5-6,9H2,1-4H3. The Bertz CT molecular complexity index is 679. The molecule has 124 valence electrons. The van der Waals surface area contributed by atoms with Gasteiger partial charge in [-0.1, -0.05) is 6.92 Å². The number of benzene rings is 1. The molecule has 0 unspecified atom stereocenters. The molecule has 1 aromatic heterocycles. The predicted octanol–water partition coefficient (Wildman–Crippen LogP) is 3.15. The summed E-state index contributed by atoms with van der Waals surface area (Å²) < 4.78 is 17.4. The first-order valence-electron chi connectivity index (χ1n) is 7.61. The number of methoxy groups -OCH3 is 2. The van der Waals surface area contributed by atoms with Gasteiger partial charge in [0.1, 0.15) is 17.2 Å². The van der Waals surface area contributed by atoms with E-state index in [9.17, 15) is 4.79 Å². The van der Waals surface area contributed by atoms with E-state index in [0.29, 0.717) is 36.0 Å². The second kappa shape index (κ2) is 7.67. The molecule has 1 aromatic carbocycles. The summed E-state index contributed by atoms with van der Waals surface area (Å²) in [5, 5.41) is 4.53. The van der Waals surface area contributed by atoms with E-state index in [4.69, 9.17) is 14.2 Å². The van der Waals surface area contributed by atoms with Crippen molar-refractivity contribution in [1.82, 2.24) is 9.78 Å². The molecule has 0 aliphatic rings. The molecule has 0 spiro atoms. The zero-order valence-electron chi connectivity index (χ0n) is 14.0. The summed E-state index contributed by atoms with van der Waals surface area (Å²) in [6.07, 6.45) is 0.868. The third-order valence-electron chi connectivity index (χ3n) is 3.38. The molecule has 1 heterocycles. The highest BCUT2D eigenvalue weighted by molar-refractivity contribution is 5.89. The second-order valence-corrected chi connectivity index (χ2v) is 4.92. The molecule has 2 aromatic rings.